The number of aliphatic hydroxyl groups excluding tert-OH is 1. The Bertz CT molecular complexity index is 209. The Kier molecular flexibility index (Phi) is 1.07. The predicted molar refractivity (Wildman–Crippen MR) is 43.0 cm³/mol. The van der Waals surface area contributed by atoms with E-state index in [0.29, 0.717) is 5.92 Å². The summed E-state index contributed by atoms with van der Waals surface area (Å²) in [4.78, 5) is 0. The minimum absolute atomic E-state index is 0.102. The number of fused-ring (bicyclic) bond motifs is 5. The number of hydrogen-bond donors (Lipinski definition) is 1. The molecule has 60 valence electrons. The van der Waals surface area contributed by atoms with Crippen LogP contribution in [0.1, 0.15) is 19.3 Å². The topological polar surface area (TPSA) is 20.2 Å². The van der Waals surface area contributed by atoms with Crippen molar-refractivity contribution < 1.29 is 5.11 Å². The van der Waals surface area contributed by atoms with Crippen molar-refractivity contribution in [1.82, 2.24) is 0 Å². The Hall–Kier alpha value is -0.300. The molecule has 2 bridgehead atoms. The van der Waals surface area contributed by atoms with Crippen LogP contribution >= 0.6 is 0 Å². The lowest BCUT2D eigenvalue weighted by Crippen LogP contribution is -2.25. The van der Waals surface area contributed by atoms with Crippen LogP contribution in [0.5, 0.6) is 0 Å². The second-order valence-electron chi connectivity index (χ2n) is 4.36. The summed E-state index contributed by atoms with van der Waals surface area (Å²) in [5.41, 5.74) is 0. The van der Waals surface area contributed by atoms with Crippen molar-refractivity contribution in [2.24, 2.45) is 23.7 Å². The highest BCUT2D eigenvalue weighted by Gasteiger charge is 2.50. The normalized spacial score (nSPS) is 58.8. The summed E-state index contributed by atoms with van der Waals surface area (Å²) in [5, 5.41) is 9.63. The molecule has 5 atom stereocenters. The van der Waals surface area contributed by atoms with E-state index in [-0.39, 0.29) is 6.10 Å². The molecule has 3 aliphatic carbocycles. The van der Waals surface area contributed by atoms with Crippen molar-refractivity contribution in [1.29, 1.82) is 0 Å². The molecule has 1 N–H and O–H groups in total. The van der Waals surface area contributed by atoms with Gasteiger partial charge in [-0.2, -0.15) is 0 Å². The fraction of sp³-hybridized carbons (Fsp3) is 0.800. The first-order chi connectivity index (χ1) is 5.36. The summed E-state index contributed by atoms with van der Waals surface area (Å²) in [5.74, 6) is 3.16. The molecule has 1 heteroatoms. The van der Waals surface area contributed by atoms with Crippen LogP contribution in [0.2, 0.25) is 0 Å². The summed E-state index contributed by atoms with van der Waals surface area (Å²) < 4.78 is 0. The molecule has 3 aliphatic rings. The van der Waals surface area contributed by atoms with Gasteiger partial charge in [-0.15, -0.1) is 0 Å². The number of aliphatic hydroxyl groups is 1. The number of hydrogen-bond acceptors (Lipinski definition) is 1. The Morgan fingerprint density at radius 3 is 2.73 bits per heavy atom. The van der Waals surface area contributed by atoms with Gasteiger partial charge < -0.3 is 5.11 Å². The zero-order valence-electron chi connectivity index (χ0n) is 6.61. The summed E-state index contributed by atoms with van der Waals surface area (Å²) in [7, 11) is 0. The largest absolute Gasteiger partial charge is 0.389 e. The molecule has 3 rings (SSSR count). The molecule has 2 saturated carbocycles. The molecule has 0 radical (unpaired) electrons. The minimum Gasteiger partial charge on any atom is -0.389 e. The molecule has 0 heterocycles. The van der Waals surface area contributed by atoms with Crippen LogP contribution in [0.25, 0.3) is 0 Å². The second kappa shape index (κ2) is 1.89. The number of rotatable bonds is 0. The third-order valence-electron chi connectivity index (χ3n) is 3.97. The van der Waals surface area contributed by atoms with E-state index < -0.39 is 0 Å². The first-order valence-corrected chi connectivity index (χ1v) is 4.72. The predicted octanol–water partition coefficient (Wildman–Crippen LogP) is 1.58. The monoisotopic (exact) mass is 150 g/mol. The molecule has 11 heavy (non-hydrogen) atoms. The Labute approximate surface area is 67.1 Å². The van der Waals surface area contributed by atoms with E-state index in [4.69, 9.17) is 0 Å². The third kappa shape index (κ3) is 0.652. The highest BCUT2D eigenvalue weighted by Crippen LogP contribution is 2.56. The molecule has 0 saturated heterocycles. The van der Waals surface area contributed by atoms with E-state index in [2.05, 4.69) is 6.08 Å². The van der Waals surface area contributed by atoms with Crippen LogP contribution in [0.15, 0.2) is 12.2 Å². The van der Waals surface area contributed by atoms with E-state index in [1.165, 1.54) is 19.3 Å². The summed E-state index contributed by atoms with van der Waals surface area (Å²) in [6.45, 7) is 0. The lowest BCUT2D eigenvalue weighted by atomic mass is 9.80. The van der Waals surface area contributed by atoms with Crippen LogP contribution in [0.4, 0.5) is 0 Å². The van der Waals surface area contributed by atoms with E-state index in [1.54, 1.807) is 0 Å². The summed E-state index contributed by atoms with van der Waals surface area (Å²) in [6.07, 6.45) is 8.37. The first-order valence-electron chi connectivity index (χ1n) is 4.72. The van der Waals surface area contributed by atoms with E-state index in [9.17, 15) is 5.11 Å². The highest BCUT2D eigenvalue weighted by atomic mass is 16.3. The fourth-order valence-corrected chi connectivity index (χ4v) is 3.54. The maximum absolute atomic E-state index is 9.63. The van der Waals surface area contributed by atoms with Gasteiger partial charge in [-0.1, -0.05) is 12.2 Å². The molecule has 0 amide bonds. The Morgan fingerprint density at radius 2 is 1.91 bits per heavy atom. The SMILES string of the molecule is O[C@@H]1C=CC2C1[C@H]1CC[C@@H]2C1. The smallest absolute Gasteiger partial charge is 0.0757 e. The van der Waals surface area contributed by atoms with Gasteiger partial charge in [0, 0.05) is 0 Å². The van der Waals surface area contributed by atoms with Gasteiger partial charge in [0.2, 0.25) is 0 Å². The quantitative estimate of drug-likeness (QED) is 0.520. The first kappa shape index (κ1) is 6.24. The standard InChI is InChI=1S/C10H14O/c11-9-4-3-8-6-1-2-7(5-6)10(8)9/h3-4,6-11H,1-2,5H2/t6-,7+,8?,9-,10?/m1/s1. The van der Waals surface area contributed by atoms with E-state index in [0.717, 1.165) is 17.8 Å². The summed E-state index contributed by atoms with van der Waals surface area (Å²) >= 11 is 0. The zero-order valence-corrected chi connectivity index (χ0v) is 6.61. The van der Waals surface area contributed by atoms with Gasteiger partial charge in [0.1, 0.15) is 0 Å². The van der Waals surface area contributed by atoms with Crippen LogP contribution in [0.3, 0.4) is 0 Å². The average molecular weight is 150 g/mol. The van der Waals surface area contributed by atoms with Crippen LogP contribution < -0.4 is 0 Å². The van der Waals surface area contributed by atoms with E-state index >= 15 is 0 Å². The molecule has 0 aromatic heterocycles. The van der Waals surface area contributed by atoms with Crippen molar-refractivity contribution in [3.63, 3.8) is 0 Å². The molecule has 0 aromatic rings. The fourth-order valence-electron chi connectivity index (χ4n) is 3.54. The molecule has 2 fully saturated rings. The van der Waals surface area contributed by atoms with Crippen LogP contribution in [-0.2, 0) is 0 Å². The lowest BCUT2D eigenvalue weighted by Gasteiger charge is -2.26. The number of allylic oxidation sites excluding steroid dienone is 1. The molecule has 0 spiro atoms. The molecule has 2 unspecified atom stereocenters. The lowest BCUT2D eigenvalue weighted by molar-refractivity contribution is 0.105. The molecule has 1 nitrogen and oxygen atoms in total. The Balaban J connectivity index is 1.96. The molecular formula is C10H14O. The van der Waals surface area contributed by atoms with E-state index in [1.807, 2.05) is 6.08 Å². The second-order valence-corrected chi connectivity index (χ2v) is 4.36. The van der Waals surface area contributed by atoms with Crippen molar-refractivity contribution in [3.8, 4) is 0 Å². The van der Waals surface area contributed by atoms with Gasteiger partial charge in [0.25, 0.3) is 0 Å². The molecule has 0 aliphatic heterocycles. The maximum atomic E-state index is 9.63. The van der Waals surface area contributed by atoms with Gasteiger partial charge in [-0.3, -0.25) is 0 Å². The van der Waals surface area contributed by atoms with Crippen molar-refractivity contribution >= 4 is 0 Å². The minimum atomic E-state index is -0.102. The van der Waals surface area contributed by atoms with Crippen LogP contribution in [0, 0.1) is 23.7 Å². The third-order valence-corrected chi connectivity index (χ3v) is 3.97. The van der Waals surface area contributed by atoms with Crippen molar-refractivity contribution in [2.75, 3.05) is 0 Å². The Morgan fingerprint density at radius 1 is 1.09 bits per heavy atom. The van der Waals surface area contributed by atoms with Gasteiger partial charge in [-0.05, 0) is 42.9 Å². The van der Waals surface area contributed by atoms with Gasteiger partial charge in [0.15, 0.2) is 0 Å². The van der Waals surface area contributed by atoms with Crippen molar-refractivity contribution in [2.45, 2.75) is 25.4 Å². The maximum Gasteiger partial charge on any atom is 0.0757 e. The summed E-state index contributed by atoms with van der Waals surface area (Å²) in [6, 6.07) is 0. The van der Waals surface area contributed by atoms with Crippen LogP contribution in [-0.4, -0.2) is 11.2 Å². The highest BCUT2D eigenvalue weighted by molar-refractivity contribution is 5.16. The zero-order chi connectivity index (χ0) is 7.42. The average Bonchev–Trinajstić information content (AvgIpc) is 2.60. The van der Waals surface area contributed by atoms with Gasteiger partial charge in [0.05, 0.1) is 6.10 Å². The van der Waals surface area contributed by atoms with Crippen molar-refractivity contribution in [3.05, 3.63) is 12.2 Å². The molecular weight excluding hydrogens is 136 g/mol. The van der Waals surface area contributed by atoms with Gasteiger partial charge in [-0.25, -0.2) is 0 Å². The van der Waals surface area contributed by atoms with Gasteiger partial charge >= 0.3 is 0 Å². The molecule has 0 aromatic carbocycles.